The van der Waals surface area contributed by atoms with Crippen LogP contribution in [0.2, 0.25) is 0 Å². The molecule has 382 valence electrons. The van der Waals surface area contributed by atoms with Crippen molar-refractivity contribution in [2.24, 2.45) is 20.5 Å². The van der Waals surface area contributed by atoms with E-state index in [4.69, 9.17) is 18.1 Å². The predicted molar refractivity (Wildman–Crippen MR) is 289 cm³/mol. The van der Waals surface area contributed by atoms with E-state index in [1.165, 1.54) is 36.0 Å². The lowest BCUT2D eigenvalue weighted by Crippen LogP contribution is -2.21. The van der Waals surface area contributed by atoms with Crippen LogP contribution in [0.4, 0.5) is 67.4 Å². The van der Waals surface area contributed by atoms with Gasteiger partial charge in [-0.25, -0.2) is 18.4 Å². The van der Waals surface area contributed by atoms with Crippen molar-refractivity contribution >= 4 is 122 Å². The number of aliphatic hydroxyl groups is 1. The lowest BCUT2D eigenvalue weighted by atomic mass is 10.1. The van der Waals surface area contributed by atoms with Crippen molar-refractivity contribution in [3.8, 4) is 22.5 Å². The van der Waals surface area contributed by atoms with Gasteiger partial charge in [-0.05, 0) is 135 Å². The minimum absolute atomic E-state index is 0.0311. The number of rotatable bonds is 21. The van der Waals surface area contributed by atoms with E-state index < -0.39 is 20.2 Å². The molecule has 5 N–H and O–H groups in total. The summed E-state index contributed by atoms with van der Waals surface area (Å²) in [6, 6.07) is 19.7. The van der Waals surface area contributed by atoms with Gasteiger partial charge in [-0.1, -0.05) is 36.0 Å². The molecule has 0 saturated heterocycles. The summed E-state index contributed by atoms with van der Waals surface area (Å²) in [5.41, 5.74) is 4.84. The summed E-state index contributed by atoms with van der Waals surface area (Å²) in [6.07, 6.45) is 0. The molecule has 3 aromatic heterocycles. The fraction of sp³-hybridized carbons (Fsp3) is 0.255. The summed E-state index contributed by atoms with van der Waals surface area (Å²) in [4.78, 5) is 25.0. The van der Waals surface area contributed by atoms with E-state index in [9.17, 15) is 31.0 Å². The maximum absolute atomic E-state index is 12.1. The first kappa shape index (κ1) is 54.4. The minimum Gasteiger partial charge on any atom is -0.396 e. The third-order valence-corrected chi connectivity index (χ3v) is 15.4. The molecule has 0 aliphatic carbocycles. The summed E-state index contributed by atoms with van der Waals surface area (Å²) in [6.45, 7) is 29.7. The standard InChI is InChI=1S/C47H47N15O7S5/c1-9-61(10-2)31-17-19-33(55-57-43-41(48-7)39(59-71-43)29-15-13-27(5)37(23-29)73(64,65)66)35(25-31)50-45-52-46(54-47(53-45)70-22-21-63)51-36-26-32(62(11-3)12-4)18-20-34(36)56-58-44-42(49-8)40(60-72-44)30-16-14-28(6)38(24-30)74(67,68)69/h13-20,23-26,63H,9-12,21-22H2,1-6H3,(H,64,65,66)(H,67,68,69)(H2,50,51,52,53,54). The second kappa shape index (κ2) is 23.7. The van der Waals surface area contributed by atoms with Crippen molar-refractivity contribution in [2.45, 2.75) is 56.5 Å². The van der Waals surface area contributed by atoms with Crippen LogP contribution in [-0.4, -0.2) is 93.3 Å². The third kappa shape index (κ3) is 12.5. The zero-order valence-corrected chi connectivity index (χ0v) is 44.6. The smallest absolute Gasteiger partial charge is 0.294 e. The maximum atomic E-state index is 12.1. The molecule has 0 atom stereocenters. The second-order valence-electron chi connectivity index (χ2n) is 15.7. The fourth-order valence-electron chi connectivity index (χ4n) is 7.42. The van der Waals surface area contributed by atoms with Crippen LogP contribution in [0.15, 0.2) is 108 Å². The van der Waals surface area contributed by atoms with E-state index in [0.29, 0.717) is 71.2 Å². The van der Waals surface area contributed by atoms with Gasteiger partial charge in [-0.15, -0.1) is 20.5 Å². The zero-order valence-electron chi connectivity index (χ0n) is 40.5. The number of nitrogens with one attached hydrogen (secondary N) is 2. The molecule has 0 bridgehead atoms. The largest absolute Gasteiger partial charge is 0.396 e. The Kier molecular flexibility index (Phi) is 17.4. The van der Waals surface area contributed by atoms with Gasteiger partial charge in [0, 0.05) is 43.3 Å². The molecule has 4 aromatic carbocycles. The van der Waals surface area contributed by atoms with E-state index >= 15 is 0 Å². The quantitative estimate of drug-likeness (QED) is 0.0193. The van der Waals surface area contributed by atoms with E-state index in [1.807, 2.05) is 52.0 Å². The molecule has 0 spiro atoms. The number of hydrogen-bond donors (Lipinski definition) is 5. The van der Waals surface area contributed by atoms with Gasteiger partial charge in [-0.3, -0.25) is 9.11 Å². The van der Waals surface area contributed by atoms with Gasteiger partial charge in [0.25, 0.3) is 31.6 Å². The molecule has 74 heavy (non-hydrogen) atoms. The Labute approximate surface area is 439 Å². The molecule has 0 saturated carbocycles. The SMILES string of the molecule is [C-]#[N+]c1c(-c2ccc(C)c(S(=O)(=O)O)c2)nsc1N=Nc1ccc(N(CC)CC)cc1Nc1nc(Nc2cc(N(CC)CC)ccc2N=Nc2snc(-c3ccc(C)c(S(=O)(=O)O)c3)c2[N+]#[C-])nc(SCCO)n1. The number of aromatic nitrogens is 5. The van der Waals surface area contributed by atoms with Crippen LogP contribution in [0.25, 0.3) is 32.2 Å². The molecular formula is C47H47N15O7S5. The molecule has 7 rings (SSSR count). The summed E-state index contributed by atoms with van der Waals surface area (Å²) >= 11 is 2.97. The molecule has 0 fully saturated rings. The first-order valence-corrected chi connectivity index (χ1v) is 27.9. The molecule has 0 radical (unpaired) electrons. The van der Waals surface area contributed by atoms with Gasteiger partial charge < -0.3 is 25.5 Å². The Hall–Kier alpha value is -7.34. The maximum Gasteiger partial charge on any atom is 0.294 e. The van der Waals surface area contributed by atoms with Crippen LogP contribution in [0.5, 0.6) is 0 Å². The Bertz CT molecular complexity index is 3380. The van der Waals surface area contributed by atoms with Crippen molar-refractivity contribution in [3.63, 3.8) is 0 Å². The lowest BCUT2D eigenvalue weighted by Gasteiger charge is -2.22. The number of thioether (sulfide) groups is 1. The number of aliphatic hydroxyl groups excluding tert-OH is 1. The lowest BCUT2D eigenvalue weighted by molar-refractivity contribution is 0.322. The molecule has 0 aliphatic rings. The van der Waals surface area contributed by atoms with Gasteiger partial charge in [0.2, 0.25) is 11.9 Å². The van der Waals surface area contributed by atoms with E-state index in [1.54, 1.807) is 38.1 Å². The summed E-state index contributed by atoms with van der Waals surface area (Å²) in [7, 11) is -9.10. The van der Waals surface area contributed by atoms with Crippen LogP contribution in [0.3, 0.4) is 0 Å². The van der Waals surface area contributed by atoms with Crippen LogP contribution < -0.4 is 20.4 Å². The molecule has 0 unspecified atom stereocenters. The number of aryl methyl sites for hydroxylation is 2. The topological polar surface area (TPSA) is 282 Å². The van der Waals surface area contributed by atoms with Crippen LogP contribution in [0.1, 0.15) is 38.8 Å². The summed E-state index contributed by atoms with van der Waals surface area (Å²) < 4.78 is 76.8. The fourth-order valence-corrected chi connectivity index (χ4v) is 10.8. The Morgan fingerprint density at radius 2 is 1.04 bits per heavy atom. The van der Waals surface area contributed by atoms with Crippen LogP contribution in [-0.2, 0) is 20.2 Å². The average Bonchev–Trinajstić information content (AvgIpc) is 3.99. The Morgan fingerprint density at radius 1 is 0.622 bits per heavy atom. The van der Waals surface area contributed by atoms with Crippen LogP contribution >= 0.6 is 34.8 Å². The Morgan fingerprint density at radius 3 is 1.41 bits per heavy atom. The van der Waals surface area contributed by atoms with E-state index in [2.05, 4.69) is 69.3 Å². The Balaban J connectivity index is 1.27. The van der Waals surface area contributed by atoms with E-state index in [0.717, 1.165) is 34.4 Å². The van der Waals surface area contributed by atoms with Crippen LogP contribution in [0, 0.1) is 27.0 Å². The molecular weight excluding hydrogens is 1050 g/mol. The minimum atomic E-state index is -4.55. The first-order chi connectivity index (χ1) is 35.4. The van der Waals surface area contributed by atoms with Gasteiger partial charge in [-0.2, -0.15) is 31.8 Å². The third-order valence-electron chi connectivity index (χ3n) is 11.1. The van der Waals surface area contributed by atoms with Crippen molar-refractivity contribution in [1.29, 1.82) is 0 Å². The molecule has 3 heterocycles. The number of nitrogens with zero attached hydrogens (tertiary/aromatic N) is 13. The molecule has 0 aliphatic heterocycles. The van der Waals surface area contributed by atoms with Gasteiger partial charge >= 0.3 is 0 Å². The molecule has 27 heteroatoms. The van der Waals surface area contributed by atoms with E-state index in [-0.39, 0.29) is 72.0 Å². The van der Waals surface area contributed by atoms with Gasteiger partial charge in [0.1, 0.15) is 11.4 Å². The zero-order chi connectivity index (χ0) is 53.3. The molecule has 0 amide bonds. The number of hydrogen-bond acceptors (Lipinski definition) is 21. The first-order valence-electron chi connectivity index (χ1n) is 22.5. The van der Waals surface area contributed by atoms with Crippen molar-refractivity contribution in [3.05, 3.63) is 107 Å². The average molecular weight is 1090 g/mol. The number of benzene rings is 4. The highest BCUT2D eigenvalue weighted by molar-refractivity contribution is 7.99. The predicted octanol–water partition coefficient (Wildman–Crippen LogP) is 12.4. The monoisotopic (exact) mass is 1090 g/mol. The molecule has 7 aromatic rings. The highest BCUT2D eigenvalue weighted by Gasteiger charge is 2.23. The van der Waals surface area contributed by atoms with Gasteiger partial charge in [0.05, 0.1) is 52.3 Å². The molecule has 22 nitrogen and oxygen atoms in total. The van der Waals surface area contributed by atoms with Crippen molar-refractivity contribution in [2.75, 3.05) is 59.0 Å². The second-order valence-corrected chi connectivity index (χ2v) is 21.1. The van der Waals surface area contributed by atoms with Gasteiger partial charge in [0.15, 0.2) is 15.2 Å². The van der Waals surface area contributed by atoms with Crippen molar-refractivity contribution < 1.29 is 31.0 Å². The highest BCUT2D eigenvalue weighted by atomic mass is 32.2. The summed E-state index contributed by atoms with van der Waals surface area (Å²) in [5.74, 6) is 0.431. The highest BCUT2D eigenvalue weighted by Crippen LogP contribution is 2.46. The number of anilines is 6. The number of azo groups is 2. The summed E-state index contributed by atoms with van der Waals surface area (Å²) in [5, 5.41) is 34.9. The normalized spacial score (nSPS) is 11.8. The van der Waals surface area contributed by atoms with Crippen molar-refractivity contribution in [1.82, 2.24) is 23.7 Å².